The highest BCUT2D eigenvalue weighted by atomic mass is 35.5. The van der Waals surface area contributed by atoms with Gasteiger partial charge in [0.25, 0.3) is 0 Å². The number of alkyl halides is 3. The zero-order valence-electron chi connectivity index (χ0n) is 14.0. The Kier molecular flexibility index (Phi) is 7.20. The maximum Gasteiger partial charge on any atom is 0.423 e. The van der Waals surface area contributed by atoms with Gasteiger partial charge in [-0.15, -0.1) is 12.4 Å². The smallest absolute Gasteiger partial charge is 0.375 e. The van der Waals surface area contributed by atoms with E-state index in [0.29, 0.717) is 5.56 Å². The molecule has 2 rings (SSSR count). The van der Waals surface area contributed by atoms with E-state index in [-0.39, 0.29) is 18.0 Å². The SMILES string of the molecule is Cc1ccc(C(N)C(=O)NCC(O)(c2ccccc2)C(F)(F)F)cc1.Cl. The molecule has 4 nitrogen and oxygen atoms in total. The molecule has 0 aliphatic carbocycles. The van der Waals surface area contributed by atoms with Crippen molar-refractivity contribution in [2.24, 2.45) is 5.73 Å². The highest BCUT2D eigenvalue weighted by molar-refractivity contribution is 5.85. The average molecular weight is 389 g/mol. The number of carbonyl (C=O) groups excluding carboxylic acids is 1. The van der Waals surface area contributed by atoms with Gasteiger partial charge in [-0.25, -0.2) is 0 Å². The molecule has 2 aromatic rings. The van der Waals surface area contributed by atoms with Crippen molar-refractivity contribution in [2.75, 3.05) is 6.54 Å². The molecule has 142 valence electrons. The van der Waals surface area contributed by atoms with Crippen molar-refractivity contribution in [1.82, 2.24) is 5.32 Å². The largest absolute Gasteiger partial charge is 0.423 e. The predicted octanol–water partition coefficient (Wildman–Crippen LogP) is 2.98. The minimum Gasteiger partial charge on any atom is -0.375 e. The maximum absolute atomic E-state index is 13.4. The molecule has 2 unspecified atom stereocenters. The molecule has 0 aliphatic heterocycles. The standard InChI is InChI=1S/C18H19F3N2O2.ClH/c1-12-7-9-13(10-8-12)15(22)16(24)23-11-17(25,18(19,20)21)14-5-3-2-4-6-14;/h2-10,15,25H,11,22H2,1H3,(H,23,24);1H. The lowest BCUT2D eigenvalue weighted by Gasteiger charge is -2.31. The maximum atomic E-state index is 13.4. The summed E-state index contributed by atoms with van der Waals surface area (Å²) in [5.74, 6) is -0.803. The van der Waals surface area contributed by atoms with Crippen LogP contribution in [0, 0.1) is 6.92 Å². The van der Waals surface area contributed by atoms with Crippen LogP contribution in [-0.4, -0.2) is 23.7 Å². The minimum atomic E-state index is -4.96. The first-order valence-electron chi connectivity index (χ1n) is 7.59. The lowest BCUT2D eigenvalue weighted by Crippen LogP contribution is -2.52. The first kappa shape index (κ1) is 22.0. The number of hydrogen-bond donors (Lipinski definition) is 3. The van der Waals surface area contributed by atoms with Gasteiger partial charge in [0.2, 0.25) is 11.5 Å². The van der Waals surface area contributed by atoms with Crippen LogP contribution < -0.4 is 11.1 Å². The van der Waals surface area contributed by atoms with Crippen molar-refractivity contribution in [3.8, 4) is 0 Å². The molecule has 0 heterocycles. The summed E-state index contributed by atoms with van der Waals surface area (Å²) >= 11 is 0. The highest BCUT2D eigenvalue weighted by Gasteiger charge is 2.55. The third kappa shape index (κ3) is 4.75. The molecule has 2 atom stereocenters. The monoisotopic (exact) mass is 388 g/mol. The number of aliphatic hydroxyl groups is 1. The van der Waals surface area contributed by atoms with Crippen molar-refractivity contribution >= 4 is 18.3 Å². The van der Waals surface area contributed by atoms with Gasteiger partial charge in [0.1, 0.15) is 6.04 Å². The van der Waals surface area contributed by atoms with Crippen molar-refractivity contribution < 1.29 is 23.1 Å². The van der Waals surface area contributed by atoms with Crippen molar-refractivity contribution in [3.05, 3.63) is 71.3 Å². The third-order valence-electron chi connectivity index (χ3n) is 3.96. The number of benzene rings is 2. The quantitative estimate of drug-likeness (QED) is 0.737. The number of rotatable bonds is 5. The van der Waals surface area contributed by atoms with Gasteiger partial charge >= 0.3 is 6.18 Å². The van der Waals surface area contributed by atoms with Crippen LogP contribution in [0.5, 0.6) is 0 Å². The van der Waals surface area contributed by atoms with E-state index >= 15 is 0 Å². The fraction of sp³-hybridized carbons (Fsp3) is 0.278. The molecule has 0 saturated carbocycles. The number of nitrogens with one attached hydrogen (secondary N) is 1. The normalized spacial score (nSPS) is 14.7. The zero-order valence-corrected chi connectivity index (χ0v) is 14.8. The van der Waals surface area contributed by atoms with E-state index in [9.17, 15) is 23.1 Å². The Labute approximate surface area is 155 Å². The predicted molar refractivity (Wildman–Crippen MR) is 94.8 cm³/mol. The van der Waals surface area contributed by atoms with E-state index in [0.717, 1.165) is 17.7 Å². The van der Waals surface area contributed by atoms with Gasteiger partial charge in [-0.2, -0.15) is 13.2 Å². The van der Waals surface area contributed by atoms with Gasteiger partial charge in [-0.3, -0.25) is 4.79 Å². The van der Waals surface area contributed by atoms with E-state index in [1.54, 1.807) is 24.3 Å². The Morgan fingerprint density at radius 2 is 1.65 bits per heavy atom. The fourth-order valence-corrected chi connectivity index (χ4v) is 2.33. The highest BCUT2D eigenvalue weighted by Crippen LogP contribution is 2.38. The van der Waals surface area contributed by atoms with Gasteiger partial charge in [-0.1, -0.05) is 60.2 Å². The zero-order chi connectivity index (χ0) is 18.7. The molecule has 0 aromatic heterocycles. The van der Waals surface area contributed by atoms with E-state index in [2.05, 4.69) is 5.32 Å². The molecule has 0 spiro atoms. The van der Waals surface area contributed by atoms with E-state index < -0.39 is 30.3 Å². The molecular formula is C18H20ClF3N2O2. The molecular weight excluding hydrogens is 369 g/mol. The second-order valence-corrected chi connectivity index (χ2v) is 5.83. The topological polar surface area (TPSA) is 75.4 Å². The fourth-order valence-electron chi connectivity index (χ4n) is 2.33. The number of carbonyl (C=O) groups is 1. The summed E-state index contributed by atoms with van der Waals surface area (Å²) in [4.78, 5) is 12.1. The number of amides is 1. The Hall–Kier alpha value is -2.09. The van der Waals surface area contributed by atoms with Gasteiger partial charge in [0, 0.05) is 0 Å². The molecule has 1 amide bonds. The lowest BCUT2D eigenvalue weighted by atomic mass is 9.92. The number of aryl methyl sites for hydroxylation is 1. The average Bonchev–Trinajstić information content (AvgIpc) is 2.59. The summed E-state index contributed by atoms with van der Waals surface area (Å²) in [6.07, 6.45) is -4.96. The molecule has 26 heavy (non-hydrogen) atoms. The van der Waals surface area contributed by atoms with Crippen LogP contribution in [-0.2, 0) is 10.4 Å². The molecule has 8 heteroatoms. The number of hydrogen-bond acceptors (Lipinski definition) is 3. The van der Waals surface area contributed by atoms with Crippen molar-refractivity contribution in [2.45, 2.75) is 24.7 Å². The Bertz CT molecular complexity index is 723. The van der Waals surface area contributed by atoms with Crippen molar-refractivity contribution in [1.29, 1.82) is 0 Å². The summed E-state index contributed by atoms with van der Waals surface area (Å²) < 4.78 is 40.1. The second kappa shape index (κ2) is 8.53. The summed E-state index contributed by atoms with van der Waals surface area (Å²) in [6, 6.07) is 12.2. The molecule has 0 bridgehead atoms. The Morgan fingerprint density at radius 1 is 1.12 bits per heavy atom. The lowest BCUT2D eigenvalue weighted by molar-refractivity contribution is -0.264. The van der Waals surface area contributed by atoms with Crippen LogP contribution >= 0.6 is 12.4 Å². The first-order valence-corrected chi connectivity index (χ1v) is 7.59. The van der Waals surface area contributed by atoms with E-state index in [1.807, 2.05) is 6.92 Å². The molecule has 2 aromatic carbocycles. The third-order valence-corrected chi connectivity index (χ3v) is 3.96. The van der Waals surface area contributed by atoms with Gasteiger partial charge < -0.3 is 16.2 Å². The molecule has 4 N–H and O–H groups in total. The van der Waals surface area contributed by atoms with Crippen molar-refractivity contribution in [3.63, 3.8) is 0 Å². The summed E-state index contributed by atoms with van der Waals surface area (Å²) in [7, 11) is 0. The molecule has 0 saturated heterocycles. The molecule has 0 radical (unpaired) electrons. The Morgan fingerprint density at radius 3 is 2.15 bits per heavy atom. The summed E-state index contributed by atoms with van der Waals surface area (Å²) in [5, 5.41) is 12.3. The summed E-state index contributed by atoms with van der Waals surface area (Å²) in [5.41, 5.74) is 3.67. The van der Waals surface area contributed by atoms with Crippen LogP contribution in [0.25, 0.3) is 0 Å². The number of halogens is 4. The van der Waals surface area contributed by atoms with E-state index in [4.69, 9.17) is 5.73 Å². The first-order chi connectivity index (χ1) is 11.6. The van der Waals surface area contributed by atoms with Crippen LogP contribution in [0.15, 0.2) is 54.6 Å². The van der Waals surface area contributed by atoms with Gasteiger partial charge in [0.05, 0.1) is 6.54 Å². The van der Waals surface area contributed by atoms with Crippen LogP contribution in [0.1, 0.15) is 22.7 Å². The molecule has 0 fully saturated rings. The van der Waals surface area contributed by atoms with Gasteiger partial charge in [-0.05, 0) is 18.1 Å². The Balaban J connectivity index is 0.00000338. The second-order valence-electron chi connectivity index (χ2n) is 5.83. The number of nitrogens with two attached hydrogens (primary N) is 1. The summed E-state index contributed by atoms with van der Waals surface area (Å²) in [6.45, 7) is 0.831. The van der Waals surface area contributed by atoms with Crippen LogP contribution in [0.2, 0.25) is 0 Å². The van der Waals surface area contributed by atoms with Crippen LogP contribution in [0.4, 0.5) is 13.2 Å². The molecule has 0 aliphatic rings. The van der Waals surface area contributed by atoms with E-state index in [1.165, 1.54) is 18.2 Å². The van der Waals surface area contributed by atoms with Gasteiger partial charge in [0.15, 0.2) is 0 Å². The van der Waals surface area contributed by atoms with Crippen LogP contribution in [0.3, 0.4) is 0 Å². The minimum absolute atomic E-state index is 0.